The number of alkyl carbamates (subject to hydrolysis) is 1. The summed E-state index contributed by atoms with van der Waals surface area (Å²) in [6.07, 6.45) is 1.57. The minimum atomic E-state index is -0.709. The summed E-state index contributed by atoms with van der Waals surface area (Å²) in [7, 11) is 0. The number of nitrogens with one attached hydrogen (secondary N) is 2. The van der Waals surface area contributed by atoms with Gasteiger partial charge in [-0.05, 0) is 24.0 Å². The van der Waals surface area contributed by atoms with Crippen molar-refractivity contribution < 1.29 is 23.9 Å². The molecule has 36 heavy (non-hydrogen) atoms. The van der Waals surface area contributed by atoms with E-state index in [-0.39, 0.29) is 18.6 Å². The van der Waals surface area contributed by atoms with Crippen molar-refractivity contribution in [2.45, 2.75) is 57.9 Å². The summed E-state index contributed by atoms with van der Waals surface area (Å²) in [6.45, 7) is 2.88. The summed E-state index contributed by atoms with van der Waals surface area (Å²) in [4.78, 5) is 41.6. The number of thiazole rings is 1. The number of carbonyl (C=O) groups excluding carboxylic acids is 3. The minimum Gasteiger partial charge on any atom is -0.460 e. The SMILES string of the molecule is CC(=O)N[C@H](Cc1ccccc1)C[C@H](OC(C)=O)[C@H](Cc1ccccc1)NC(=O)OCc1cncs1. The van der Waals surface area contributed by atoms with E-state index in [2.05, 4.69) is 15.6 Å². The molecule has 0 unspecified atom stereocenters. The van der Waals surface area contributed by atoms with Crippen molar-refractivity contribution in [3.05, 3.63) is 88.4 Å². The lowest BCUT2D eigenvalue weighted by atomic mass is 9.93. The molecule has 2 N–H and O–H groups in total. The molecule has 3 aromatic rings. The first-order valence-electron chi connectivity index (χ1n) is 11.7. The zero-order valence-electron chi connectivity index (χ0n) is 20.4. The second-order valence-electron chi connectivity index (χ2n) is 8.46. The molecule has 3 atom stereocenters. The van der Waals surface area contributed by atoms with Gasteiger partial charge in [-0.1, -0.05) is 60.7 Å². The van der Waals surface area contributed by atoms with E-state index in [4.69, 9.17) is 9.47 Å². The van der Waals surface area contributed by atoms with Crippen LogP contribution in [0.25, 0.3) is 0 Å². The van der Waals surface area contributed by atoms with E-state index in [9.17, 15) is 14.4 Å². The fourth-order valence-electron chi connectivity index (χ4n) is 3.95. The predicted octanol–water partition coefficient (Wildman–Crippen LogP) is 4.05. The van der Waals surface area contributed by atoms with Gasteiger partial charge in [0.15, 0.2) is 0 Å². The van der Waals surface area contributed by atoms with Crippen LogP contribution in [0.4, 0.5) is 4.79 Å². The Kier molecular flexibility index (Phi) is 10.4. The highest BCUT2D eigenvalue weighted by Gasteiger charge is 2.30. The Hall–Kier alpha value is -3.72. The first kappa shape index (κ1) is 26.9. The highest BCUT2D eigenvalue weighted by atomic mass is 32.1. The van der Waals surface area contributed by atoms with Gasteiger partial charge in [0, 0.05) is 32.5 Å². The van der Waals surface area contributed by atoms with Gasteiger partial charge in [-0.15, -0.1) is 11.3 Å². The van der Waals surface area contributed by atoms with E-state index < -0.39 is 24.2 Å². The third-order valence-electron chi connectivity index (χ3n) is 5.45. The van der Waals surface area contributed by atoms with Crippen molar-refractivity contribution in [1.29, 1.82) is 0 Å². The van der Waals surface area contributed by atoms with Crippen molar-refractivity contribution in [2.24, 2.45) is 0 Å². The number of amides is 2. The van der Waals surface area contributed by atoms with E-state index in [1.165, 1.54) is 25.2 Å². The van der Waals surface area contributed by atoms with Crippen LogP contribution in [0, 0.1) is 0 Å². The minimum absolute atomic E-state index is 0.0926. The Balaban J connectivity index is 1.80. The number of carbonyl (C=O) groups is 3. The number of hydrogen-bond acceptors (Lipinski definition) is 7. The molecular formula is C27H31N3O5S. The molecule has 8 nitrogen and oxygen atoms in total. The van der Waals surface area contributed by atoms with Gasteiger partial charge in [0.05, 0.1) is 16.4 Å². The maximum absolute atomic E-state index is 12.7. The van der Waals surface area contributed by atoms with Crippen LogP contribution in [0.1, 0.15) is 36.3 Å². The molecule has 3 rings (SSSR count). The molecule has 0 saturated heterocycles. The van der Waals surface area contributed by atoms with Crippen molar-refractivity contribution >= 4 is 29.3 Å². The van der Waals surface area contributed by atoms with Gasteiger partial charge in [-0.3, -0.25) is 14.6 Å². The third-order valence-corrected chi connectivity index (χ3v) is 6.20. The predicted molar refractivity (Wildman–Crippen MR) is 137 cm³/mol. The Morgan fingerprint density at radius 2 is 1.56 bits per heavy atom. The highest BCUT2D eigenvalue weighted by Crippen LogP contribution is 2.17. The fourth-order valence-corrected chi connectivity index (χ4v) is 4.46. The van der Waals surface area contributed by atoms with Gasteiger partial charge in [-0.25, -0.2) is 4.79 Å². The van der Waals surface area contributed by atoms with Crippen molar-refractivity contribution in [2.75, 3.05) is 0 Å². The van der Waals surface area contributed by atoms with Gasteiger partial charge in [0.25, 0.3) is 0 Å². The molecule has 0 bridgehead atoms. The Labute approximate surface area is 215 Å². The standard InChI is InChI=1S/C27H31N3O5S/c1-19(31)29-23(13-21-9-5-3-6-10-21)15-26(35-20(2)32)25(14-22-11-7-4-8-12-22)30-27(33)34-17-24-16-28-18-36-24/h3-12,16,18,23,25-26H,13-15,17H2,1-2H3,(H,29,31)(H,30,33)/t23-,25+,26+/m1/s1. The summed E-state index contributed by atoms with van der Waals surface area (Å²) >= 11 is 1.39. The molecule has 0 spiro atoms. The average Bonchev–Trinajstić information content (AvgIpc) is 3.36. The van der Waals surface area contributed by atoms with Gasteiger partial charge in [0.2, 0.25) is 5.91 Å². The van der Waals surface area contributed by atoms with Gasteiger partial charge >= 0.3 is 12.1 Å². The van der Waals surface area contributed by atoms with E-state index >= 15 is 0 Å². The number of esters is 1. The lowest BCUT2D eigenvalue weighted by Crippen LogP contribution is -2.50. The Morgan fingerprint density at radius 3 is 2.11 bits per heavy atom. The number of nitrogens with zero attached hydrogens (tertiary/aromatic N) is 1. The molecule has 0 aliphatic rings. The van der Waals surface area contributed by atoms with Crippen LogP contribution in [-0.2, 0) is 38.5 Å². The van der Waals surface area contributed by atoms with Crippen LogP contribution in [0.2, 0.25) is 0 Å². The van der Waals surface area contributed by atoms with Gasteiger partial charge < -0.3 is 20.1 Å². The molecule has 1 aromatic heterocycles. The molecular weight excluding hydrogens is 478 g/mol. The molecule has 9 heteroatoms. The second-order valence-corrected chi connectivity index (χ2v) is 9.43. The normalized spacial score (nSPS) is 13.2. The fraction of sp³-hybridized carbons (Fsp3) is 0.333. The summed E-state index contributed by atoms with van der Waals surface area (Å²) in [6, 6.07) is 18.5. The van der Waals surface area contributed by atoms with Crippen LogP contribution in [0.15, 0.2) is 72.4 Å². The van der Waals surface area contributed by atoms with Crippen LogP contribution in [0.3, 0.4) is 0 Å². The van der Waals surface area contributed by atoms with Crippen LogP contribution < -0.4 is 10.6 Å². The number of benzene rings is 2. The van der Waals surface area contributed by atoms with Crippen LogP contribution in [-0.4, -0.2) is 41.1 Å². The van der Waals surface area contributed by atoms with E-state index in [1.807, 2.05) is 60.7 Å². The smallest absolute Gasteiger partial charge is 0.407 e. The van der Waals surface area contributed by atoms with E-state index in [0.29, 0.717) is 19.3 Å². The molecule has 1 heterocycles. The highest BCUT2D eigenvalue weighted by molar-refractivity contribution is 7.09. The maximum Gasteiger partial charge on any atom is 0.407 e. The van der Waals surface area contributed by atoms with E-state index in [1.54, 1.807) is 11.7 Å². The molecule has 0 radical (unpaired) electrons. The molecule has 0 saturated carbocycles. The zero-order chi connectivity index (χ0) is 25.8. The van der Waals surface area contributed by atoms with Crippen molar-refractivity contribution in [3.8, 4) is 0 Å². The number of ether oxygens (including phenoxy) is 2. The number of rotatable bonds is 12. The summed E-state index contributed by atoms with van der Waals surface area (Å²) < 4.78 is 11.1. The quantitative estimate of drug-likeness (QED) is 0.357. The average molecular weight is 510 g/mol. The van der Waals surface area contributed by atoms with Crippen LogP contribution >= 0.6 is 11.3 Å². The lowest BCUT2D eigenvalue weighted by molar-refractivity contribution is -0.148. The first-order chi connectivity index (χ1) is 17.4. The monoisotopic (exact) mass is 509 g/mol. The topological polar surface area (TPSA) is 107 Å². The van der Waals surface area contributed by atoms with Gasteiger partial charge in [0.1, 0.15) is 12.7 Å². The molecule has 0 fully saturated rings. The number of aromatic nitrogens is 1. The summed E-state index contributed by atoms with van der Waals surface area (Å²) in [5.41, 5.74) is 3.66. The molecule has 190 valence electrons. The Bertz CT molecular complexity index is 1090. The van der Waals surface area contributed by atoms with Crippen LogP contribution in [0.5, 0.6) is 0 Å². The lowest BCUT2D eigenvalue weighted by Gasteiger charge is -2.31. The summed E-state index contributed by atoms with van der Waals surface area (Å²) in [5, 5.41) is 5.86. The first-order valence-corrected chi connectivity index (χ1v) is 12.6. The molecule has 2 aromatic carbocycles. The van der Waals surface area contributed by atoms with Crippen molar-refractivity contribution in [3.63, 3.8) is 0 Å². The van der Waals surface area contributed by atoms with E-state index in [0.717, 1.165) is 16.0 Å². The molecule has 0 aliphatic carbocycles. The third kappa shape index (κ3) is 9.50. The molecule has 0 aliphatic heterocycles. The molecule has 2 amide bonds. The number of hydrogen-bond donors (Lipinski definition) is 2. The largest absolute Gasteiger partial charge is 0.460 e. The maximum atomic E-state index is 12.7. The second kappa shape index (κ2) is 14.0. The van der Waals surface area contributed by atoms with Crippen molar-refractivity contribution in [1.82, 2.24) is 15.6 Å². The summed E-state index contributed by atoms with van der Waals surface area (Å²) in [5.74, 6) is -0.659. The van der Waals surface area contributed by atoms with Gasteiger partial charge in [-0.2, -0.15) is 0 Å². The Morgan fingerprint density at radius 1 is 0.917 bits per heavy atom. The zero-order valence-corrected chi connectivity index (χ0v) is 21.2.